The monoisotopic (exact) mass is 401 g/mol. The number of nitrogens with zero attached hydrogens (tertiary/aromatic N) is 6. The lowest BCUT2D eigenvalue weighted by molar-refractivity contribution is 0.101. The molecule has 0 atom stereocenters. The molecule has 1 saturated heterocycles. The molecule has 0 saturated carbocycles. The Kier molecular flexibility index (Phi) is 4.76. The molecule has 4 heterocycles. The number of carbonyl (C=O) groups is 1. The third-order valence-corrected chi connectivity index (χ3v) is 5.57. The molecule has 5 rings (SSSR count). The molecule has 8 heteroatoms. The van der Waals surface area contributed by atoms with E-state index in [1.165, 1.54) is 0 Å². The molecule has 2 aliphatic heterocycles. The Balaban J connectivity index is 1.31. The second-order valence-electron chi connectivity index (χ2n) is 7.58. The Morgan fingerprint density at radius 2 is 1.80 bits per heavy atom. The highest BCUT2D eigenvalue weighted by atomic mass is 16.1. The molecular weight excluding hydrogens is 378 g/mol. The van der Waals surface area contributed by atoms with Gasteiger partial charge in [0.1, 0.15) is 11.6 Å². The highest BCUT2D eigenvalue weighted by Gasteiger charge is 2.28. The molecule has 2 aliphatic rings. The number of carbonyl (C=O) groups excluding carboxylic acids is 1. The SMILES string of the molecule is CN1CCN(c2ccc(Nc3nccc(N4CC(=O)c5ccccc54)n3)nc2)CC1. The predicted octanol–water partition coefficient (Wildman–Crippen LogP) is 2.70. The quantitative estimate of drug-likeness (QED) is 0.715. The number of ketones is 1. The summed E-state index contributed by atoms with van der Waals surface area (Å²) in [6, 6.07) is 13.4. The Hall–Kier alpha value is -3.52. The fraction of sp³-hybridized carbons (Fsp3) is 0.273. The van der Waals surface area contributed by atoms with E-state index < -0.39 is 0 Å². The molecular formula is C22H23N7O. The van der Waals surface area contributed by atoms with E-state index in [2.05, 4.69) is 43.2 Å². The first-order valence-corrected chi connectivity index (χ1v) is 10.1. The second-order valence-corrected chi connectivity index (χ2v) is 7.58. The number of piperazine rings is 1. The van der Waals surface area contributed by atoms with Gasteiger partial charge in [-0.2, -0.15) is 4.98 Å². The molecule has 2 aromatic heterocycles. The van der Waals surface area contributed by atoms with Gasteiger partial charge < -0.3 is 20.0 Å². The molecule has 0 unspecified atom stereocenters. The van der Waals surface area contributed by atoms with Crippen molar-refractivity contribution in [2.24, 2.45) is 0 Å². The van der Waals surface area contributed by atoms with Crippen molar-refractivity contribution >= 4 is 34.7 Å². The zero-order valence-corrected chi connectivity index (χ0v) is 16.8. The van der Waals surface area contributed by atoms with Crippen LogP contribution >= 0.6 is 0 Å². The number of aromatic nitrogens is 3. The summed E-state index contributed by atoms with van der Waals surface area (Å²) in [5, 5.41) is 3.17. The number of anilines is 5. The zero-order valence-electron chi connectivity index (χ0n) is 16.8. The first kappa shape index (κ1) is 18.5. The summed E-state index contributed by atoms with van der Waals surface area (Å²) in [4.78, 5) is 32.3. The molecule has 3 aromatic rings. The number of hydrogen-bond donors (Lipinski definition) is 1. The number of para-hydroxylation sites is 1. The molecule has 0 bridgehead atoms. The van der Waals surface area contributed by atoms with E-state index in [0.29, 0.717) is 17.6 Å². The summed E-state index contributed by atoms with van der Waals surface area (Å²) in [5.41, 5.74) is 2.73. The number of hydrogen-bond acceptors (Lipinski definition) is 8. The number of rotatable bonds is 4. The Bertz CT molecular complexity index is 1060. The number of Topliss-reactive ketones (excluding diaryl/α,β-unsaturated/α-hetero) is 1. The van der Waals surface area contributed by atoms with E-state index in [0.717, 1.165) is 43.1 Å². The molecule has 152 valence electrons. The average molecular weight is 401 g/mol. The number of benzene rings is 1. The minimum atomic E-state index is 0.0971. The van der Waals surface area contributed by atoms with Gasteiger partial charge in [-0.1, -0.05) is 12.1 Å². The van der Waals surface area contributed by atoms with Crippen LogP contribution in [-0.4, -0.2) is 65.4 Å². The minimum absolute atomic E-state index is 0.0971. The van der Waals surface area contributed by atoms with Gasteiger partial charge in [-0.05, 0) is 37.4 Å². The summed E-state index contributed by atoms with van der Waals surface area (Å²) >= 11 is 0. The summed E-state index contributed by atoms with van der Waals surface area (Å²) in [5.74, 6) is 1.91. The van der Waals surface area contributed by atoms with E-state index in [9.17, 15) is 4.79 Å². The van der Waals surface area contributed by atoms with E-state index in [1.807, 2.05) is 47.5 Å². The summed E-state index contributed by atoms with van der Waals surface area (Å²) in [6.45, 7) is 4.41. The zero-order chi connectivity index (χ0) is 20.5. The van der Waals surface area contributed by atoms with Crippen LogP contribution in [0.1, 0.15) is 10.4 Å². The molecule has 0 amide bonds. The number of fused-ring (bicyclic) bond motifs is 1. The Morgan fingerprint density at radius 3 is 2.60 bits per heavy atom. The van der Waals surface area contributed by atoms with Gasteiger partial charge in [0, 0.05) is 37.9 Å². The van der Waals surface area contributed by atoms with E-state index >= 15 is 0 Å². The van der Waals surface area contributed by atoms with Crippen LogP contribution in [0.25, 0.3) is 0 Å². The maximum Gasteiger partial charge on any atom is 0.230 e. The van der Waals surface area contributed by atoms with Gasteiger partial charge in [0.15, 0.2) is 5.78 Å². The van der Waals surface area contributed by atoms with Crippen molar-refractivity contribution in [1.82, 2.24) is 19.9 Å². The normalized spacial score (nSPS) is 16.6. The summed E-state index contributed by atoms with van der Waals surface area (Å²) in [7, 11) is 2.15. The van der Waals surface area contributed by atoms with Crippen LogP contribution in [-0.2, 0) is 0 Å². The van der Waals surface area contributed by atoms with Crippen LogP contribution in [0.4, 0.5) is 29.0 Å². The van der Waals surface area contributed by atoms with Crippen molar-refractivity contribution in [2.75, 3.05) is 54.9 Å². The standard InChI is InChI=1S/C22H23N7O/c1-27-10-12-28(13-11-27)16-6-7-20(24-14-16)25-22-23-9-8-21(26-22)29-15-19(30)17-4-2-3-5-18(17)29/h2-9,14H,10-13,15H2,1H3,(H,23,24,25,26). The topological polar surface area (TPSA) is 77.5 Å². The molecule has 1 N–H and O–H groups in total. The van der Waals surface area contributed by atoms with Crippen molar-refractivity contribution in [1.29, 1.82) is 0 Å². The number of nitrogens with one attached hydrogen (secondary N) is 1. The van der Waals surface area contributed by atoms with Crippen molar-refractivity contribution in [3.8, 4) is 0 Å². The molecule has 1 aromatic carbocycles. The van der Waals surface area contributed by atoms with Crippen molar-refractivity contribution < 1.29 is 4.79 Å². The van der Waals surface area contributed by atoms with Crippen LogP contribution in [0.5, 0.6) is 0 Å². The van der Waals surface area contributed by atoms with Crippen molar-refractivity contribution in [3.05, 3.63) is 60.4 Å². The van der Waals surface area contributed by atoms with Crippen LogP contribution in [0.2, 0.25) is 0 Å². The average Bonchev–Trinajstić information content (AvgIpc) is 3.12. The number of likely N-dealkylation sites (N-methyl/N-ethyl adjacent to an activating group) is 1. The maximum absolute atomic E-state index is 12.3. The fourth-order valence-corrected chi connectivity index (χ4v) is 3.85. The fourth-order valence-electron chi connectivity index (χ4n) is 3.85. The second kappa shape index (κ2) is 7.72. The molecule has 1 fully saturated rings. The largest absolute Gasteiger partial charge is 0.368 e. The molecule has 8 nitrogen and oxygen atoms in total. The lowest BCUT2D eigenvalue weighted by Crippen LogP contribution is -2.44. The smallest absolute Gasteiger partial charge is 0.230 e. The highest BCUT2D eigenvalue weighted by Crippen LogP contribution is 2.33. The first-order valence-electron chi connectivity index (χ1n) is 10.1. The van der Waals surface area contributed by atoms with Gasteiger partial charge in [-0.15, -0.1) is 0 Å². The molecule has 0 aliphatic carbocycles. The van der Waals surface area contributed by atoms with Crippen LogP contribution in [0.15, 0.2) is 54.9 Å². The number of pyridine rings is 1. The van der Waals surface area contributed by atoms with Crippen molar-refractivity contribution in [2.45, 2.75) is 0 Å². The van der Waals surface area contributed by atoms with Gasteiger partial charge in [0.2, 0.25) is 5.95 Å². The first-order chi connectivity index (χ1) is 14.7. The molecule has 0 radical (unpaired) electrons. The van der Waals surface area contributed by atoms with Gasteiger partial charge in [0.05, 0.1) is 24.1 Å². The summed E-state index contributed by atoms with van der Waals surface area (Å²) in [6.07, 6.45) is 3.57. The van der Waals surface area contributed by atoms with Gasteiger partial charge in [-0.3, -0.25) is 4.79 Å². The van der Waals surface area contributed by atoms with Crippen LogP contribution in [0, 0.1) is 0 Å². The van der Waals surface area contributed by atoms with Gasteiger partial charge >= 0.3 is 0 Å². The Morgan fingerprint density at radius 1 is 0.967 bits per heavy atom. The lowest BCUT2D eigenvalue weighted by Gasteiger charge is -2.33. The third kappa shape index (κ3) is 3.57. The highest BCUT2D eigenvalue weighted by molar-refractivity contribution is 6.10. The lowest BCUT2D eigenvalue weighted by atomic mass is 10.1. The summed E-state index contributed by atoms with van der Waals surface area (Å²) < 4.78 is 0. The van der Waals surface area contributed by atoms with E-state index in [1.54, 1.807) is 6.20 Å². The predicted molar refractivity (Wildman–Crippen MR) is 117 cm³/mol. The third-order valence-electron chi connectivity index (χ3n) is 5.57. The van der Waals surface area contributed by atoms with Gasteiger partial charge in [-0.25, -0.2) is 9.97 Å². The van der Waals surface area contributed by atoms with Crippen molar-refractivity contribution in [3.63, 3.8) is 0 Å². The van der Waals surface area contributed by atoms with E-state index in [-0.39, 0.29) is 12.3 Å². The minimum Gasteiger partial charge on any atom is -0.368 e. The van der Waals surface area contributed by atoms with E-state index in [4.69, 9.17) is 0 Å². The van der Waals surface area contributed by atoms with Crippen LogP contribution < -0.4 is 15.1 Å². The molecule has 0 spiro atoms. The maximum atomic E-state index is 12.3. The Labute approximate surface area is 175 Å². The van der Waals surface area contributed by atoms with Crippen LogP contribution in [0.3, 0.4) is 0 Å². The van der Waals surface area contributed by atoms with Gasteiger partial charge in [0.25, 0.3) is 0 Å². The molecule has 30 heavy (non-hydrogen) atoms.